The molecule has 1 saturated carbocycles. The first-order valence-electron chi connectivity index (χ1n) is 21.4. The third-order valence-corrected chi connectivity index (χ3v) is 13.3. The number of aromatic hydroxyl groups is 1. The van der Waals surface area contributed by atoms with E-state index in [1.807, 2.05) is 37.4 Å². The van der Waals surface area contributed by atoms with Crippen LogP contribution in [0.4, 0.5) is 5.69 Å². The summed E-state index contributed by atoms with van der Waals surface area (Å²) >= 11 is 0. The van der Waals surface area contributed by atoms with Crippen molar-refractivity contribution in [2.75, 3.05) is 33.9 Å². The molecule has 5 heterocycles. The van der Waals surface area contributed by atoms with Crippen molar-refractivity contribution in [3.63, 3.8) is 0 Å². The van der Waals surface area contributed by atoms with Crippen LogP contribution in [-0.4, -0.2) is 113 Å². The van der Waals surface area contributed by atoms with E-state index in [4.69, 9.17) is 23.7 Å². The second-order valence-electron chi connectivity index (χ2n) is 17.1. The number of phenolic OH excluding ortho intramolecular Hbond substituents is 1. The summed E-state index contributed by atoms with van der Waals surface area (Å²) in [6.45, 7) is -0.761. The minimum absolute atomic E-state index is 0.0418. The summed E-state index contributed by atoms with van der Waals surface area (Å²) in [7, 11) is 3.37. The molecule has 8 bridgehead atoms. The molecule has 6 aliphatic rings. The Kier molecular flexibility index (Phi) is 10.7. The van der Waals surface area contributed by atoms with Gasteiger partial charge in [0.15, 0.2) is 28.7 Å². The molecule has 4 aromatic rings. The smallest absolute Gasteiger partial charge is 0.254 e. The molecule has 63 heavy (non-hydrogen) atoms. The molecule has 10 rings (SSSR count). The SMILES string of the molecule is CNCc1ccc2c(c1)[C+]([C@H]1/C=C/c3c(OC)cc4cc(C5CCCC5)c5c(O)c4c3O[C@H]3O[C@H](CO1)[C@@H](O)[C@H](OC#CCc1cccc4c1CN(CC5=O)C4=O)[C@]3(O)CO)C=N2. The topological polar surface area (TPSA) is 189 Å². The molecule has 1 saturated heterocycles. The third-order valence-electron chi connectivity index (χ3n) is 13.3. The van der Waals surface area contributed by atoms with Gasteiger partial charge in [-0.15, -0.1) is 0 Å². The lowest BCUT2D eigenvalue weighted by Gasteiger charge is -2.47. The molecule has 2 fully saturated rings. The van der Waals surface area contributed by atoms with Gasteiger partial charge in [-0.2, -0.15) is 4.99 Å². The predicted octanol–water partition coefficient (Wildman–Crippen LogP) is 4.61. The van der Waals surface area contributed by atoms with Gasteiger partial charge >= 0.3 is 0 Å². The molecular weight excluding hydrogens is 807 g/mol. The lowest BCUT2D eigenvalue weighted by Crippen LogP contribution is -2.70. The van der Waals surface area contributed by atoms with Crippen LogP contribution >= 0.6 is 0 Å². The van der Waals surface area contributed by atoms with E-state index in [1.54, 1.807) is 36.6 Å². The van der Waals surface area contributed by atoms with Crippen LogP contribution in [0.15, 0.2) is 59.6 Å². The number of nitrogens with zero attached hydrogens (tertiary/aromatic N) is 2. The van der Waals surface area contributed by atoms with Crippen molar-refractivity contribution in [3.8, 4) is 29.3 Å². The molecule has 5 aliphatic heterocycles. The predicted molar refractivity (Wildman–Crippen MR) is 231 cm³/mol. The van der Waals surface area contributed by atoms with Gasteiger partial charge in [-0.3, -0.25) is 9.59 Å². The first-order chi connectivity index (χ1) is 30.6. The maximum Gasteiger partial charge on any atom is 0.254 e. The molecule has 0 spiro atoms. The Labute approximate surface area is 364 Å². The van der Waals surface area contributed by atoms with Crippen molar-refractivity contribution in [3.05, 3.63) is 105 Å². The molecule has 14 heteroatoms. The number of amides is 1. The van der Waals surface area contributed by atoms with Crippen LogP contribution in [0, 0.1) is 17.9 Å². The number of aliphatic hydroxyl groups is 3. The number of carbonyl (C=O) groups excluding carboxylic acids is 2. The fraction of sp³-hybridized carbons (Fsp3) is 0.388. The first-order valence-corrected chi connectivity index (χ1v) is 21.4. The van der Waals surface area contributed by atoms with Crippen molar-refractivity contribution >= 4 is 40.4 Å². The number of benzene rings is 4. The molecule has 1 amide bonds. The summed E-state index contributed by atoms with van der Waals surface area (Å²) in [6, 6.07) is 14.9. The summed E-state index contributed by atoms with van der Waals surface area (Å²) in [5.41, 5.74) is 3.10. The highest BCUT2D eigenvalue weighted by Gasteiger charge is 2.59. The number of rotatable bonds is 6. The fourth-order valence-electron chi connectivity index (χ4n) is 10.1. The molecule has 6 atom stereocenters. The maximum absolute atomic E-state index is 14.8. The zero-order valence-electron chi connectivity index (χ0n) is 34.9. The monoisotopic (exact) mass is 854 g/mol. The second kappa shape index (κ2) is 16.3. The number of nitrogens with one attached hydrogen (secondary N) is 1. The number of ketones is 1. The number of ether oxygens (including phenoxy) is 5. The minimum atomic E-state index is -2.45. The number of aliphatic imine (C=N–C) groups is 1. The summed E-state index contributed by atoms with van der Waals surface area (Å²) in [4.78, 5) is 34.9. The molecule has 0 radical (unpaired) electrons. The van der Waals surface area contributed by atoms with E-state index in [0.29, 0.717) is 34.4 Å². The highest BCUT2D eigenvalue weighted by atomic mass is 16.7. The minimum Gasteiger partial charge on any atom is -0.506 e. The van der Waals surface area contributed by atoms with Crippen molar-refractivity contribution in [2.24, 2.45) is 4.99 Å². The zero-order chi connectivity index (χ0) is 43.6. The summed E-state index contributed by atoms with van der Waals surface area (Å²) in [6.07, 6.45) is 4.52. The Hall–Kier alpha value is -5.92. The van der Waals surface area contributed by atoms with E-state index in [2.05, 4.69) is 22.3 Å². The van der Waals surface area contributed by atoms with E-state index in [1.165, 1.54) is 12.0 Å². The standard InChI is InChI=1S/C49H47N3O11/c1-50-20-26-12-14-36-33(17-26)34(21-51-36)38-15-13-31-39(59-2)19-29-18-32(27-7-3-4-8-27)42-37(54)23-52-22-35-28(9-5-11-30(35)47(52)57)10-6-16-60-46-43(55)40(24-61-38)62-48(49(46,58)25-53)63-45(31)41(29)44(42)56/h5,9,11-15,17-19,21,27,38,40,43,46,48,50,53,55,58H,3-4,7-8,10,20,22-25H2,1-2H3/p+1/b15-13+/t38-,40-,43-,46+,48-,49-/m1/s1. The number of phenols is 1. The molecule has 4 aromatic carbocycles. The Morgan fingerprint density at radius 1 is 1.11 bits per heavy atom. The van der Waals surface area contributed by atoms with Crippen LogP contribution in [-0.2, 0) is 33.7 Å². The number of aliphatic hydroxyl groups excluding tert-OH is 2. The van der Waals surface area contributed by atoms with E-state index in [9.17, 15) is 30.0 Å². The molecule has 14 nitrogen and oxygen atoms in total. The van der Waals surface area contributed by atoms with Crippen LogP contribution in [0.2, 0.25) is 0 Å². The number of methoxy groups -OCH3 is 1. The van der Waals surface area contributed by atoms with Crippen LogP contribution in [0.25, 0.3) is 16.8 Å². The lowest BCUT2D eigenvalue weighted by atomic mass is 9.86. The van der Waals surface area contributed by atoms with Crippen molar-refractivity contribution in [1.82, 2.24) is 10.2 Å². The fourth-order valence-corrected chi connectivity index (χ4v) is 10.1. The van der Waals surface area contributed by atoms with E-state index >= 15 is 0 Å². The number of Topliss-reactive ketones (excluding diaryl/α,β-unsaturated/α-hetero) is 1. The Morgan fingerprint density at radius 2 is 1.95 bits per heavy atom. The molecule has 5 N–H and O–H groups in total. The zero-order valence-corrected chi connectivity index (χ0v) is 34.9. The summed E-state index contributed by atoms with van der Waals surface area (Å²) < 4.78 is 31.8. The van der Waals surface area contributed by atoms with E-state index < -0.39 is 48.7 Å². The van der Waals surface area contributed by atoms with Gasteiger partial charge in [-0.1, -0.05) is 30.9 Å². The number of hydrogen-bond acceptors (Lipinski definition) is 13. The van der Waals surface area contributed by atoms with Crippen LogP contribution in [0.1, 0.15) is 85.7 Å². The molecule has 1 aliphatic carbocycles. The van der Waals surface area contributed by atoms with Gasteiger partial charge in [0.05, 0.1) is 49.4 Å². The van der Waals surface area contributed by atoms with Gasteiger partial charge in [0.25, 0.3) is 5.91 Å². The molecule has 0 aromatic heterocycles. The second-order valence-corrected chi connectivity index (χ2v) is 17.1. The van der Waals surface area contributed by atoms with Crippen LogP contribution in [0.3, 0.4) is 0 Å². The Morgan fingerprint density at radius 3 is 2.75 bits per heavy atom. The third kappa shape index (κ3) is 6.91. The highest BCUT2D eigenvalue weighted by Crippen LogP contribution is 2.50. The summed E-state index contributed by atoms with van der Waals surface area (Å²) in [5, 5.41) is 51.9. The number of fused-ring (bicyclic) bond motifs is 5. The largest absolute Gasteiger partial charge is 0.506 e. The van der Waals surface area contributed by atoms with Crippen LogP contribution < -0.4 is 14.8 Å². The average molecular weight is 855 g/mol. The maximum atomic E-state index is 14.8. The quantitative estimate of drug-likeness (QED) is 0.134. The summed E-state index contributed by atoms with van der Waals surface area (Å²) in [5.74, 6) is 2.79. The molecule has 324 valence electrons. The van der Waals surface area contributed by atoms with Gasteiger partial charge in [-0.25, -0.2) is 0 Å². The van der Waals surface area contributed by atoms with Gasteiger partial charge in [0.2, 0.25) is 6.29 Å². The Bertz CT molecular complexity index is 2640. The van der Waals surface area contributed by atoms with Crippen LogP contribution in [0.5, 0.6) is 17.2 Å². The van der Waals surface area contributed by atoms with Gasteiger partial charge in [0.1, 0.15) is 53.8 Å². The number of carbonyl (C=O) groups is 2. The highest BCUT2D eigenvalue weighted by molar-refractivity contribution is 6.11. The number of hydrogen-bond donors (Lipinski definition) is 5. The van der Waals surface area contributed by atoms with Crippen molar-refractivity contribution in [1.29, 1.82) is 0 Å². The average Bonchev–Trinajstić information content (AvgIpc) is 4.04. The first kappa shape index (κ1) is 41.1. The van der Waals surface area contributed by atoms with E-state index in [-0.39, 0.29) is 60.4 Å². The lowest BCUT2D eigenvalue weighted by molar-refractivity contribution is -0.328. The molecule has 0 unspecified atom stereocenters. The Balaban J connectivity index is 1.21. The van der Waals surface area contributed by atoms with Crippen molar-refractivity contribution < 1.29 is 53.7 Å². The van der Waals surface area contributed by atoms with Gasteiger partial charge in [0, 0.05) is 36.7 Å². The van der Waals surface area contributed by atoms with Crippen molar-refractivity contribution in [2.45, 2.75) is 87.4 Å². The van der Waals surface area contributed by atoms with E-state index in [0.717, 1.165) is 59.5 Å². The molecular formula is C49H48N3O11+. The van der Waals surface area contributed by atoms with Gasteiger partial charge < -0.3 is 54.3 Å². The normalized spacial score (nSPS) is 26.9. The van der Waals surface area contributed by atoms with Gasteiger partial charge in [-0.05, 0) is 84.3 Å².